The molecule has 0 saturated carbocycles. The van der Waals surface area contributed by atoms with Crippen molar-refractivity contribution in [3.05, 3.63) is 65.2 Å². The van der Waals surface area contributed by atoms with Gasteiger partial charge in [0.05, 0.1) is 11.6 Å². The second kappa shape index (κ2) is 6.19. The third kappa shape index (κ3) is 3.77. The van der Waals surface area contributed by atoms with Crippen LogP contribution in [0.15, 0.2) is 42.6 Å². The summed E-state index contributed by atoms with van der Waals surface area (Å²) in [5.41, 5.74) is 2.04. The van der Waals surface area contributed by atoms with E-state index in [1.165, 1.54) is 6.07 Å². The zero-order valence-electron chi connectivity index (χ0n) is 10.9. The van der Waals surface area contributed by atoms with E-state index in [0.717, 1.165) is 12.1 Å². The fourth-order valence-electron chi connectivity index (χ4n) is 1.98. The van der Waals surface area contributed by atoms with Crippen LogP contribution in [0.5, 0.6) is 0 Å². The predicted molar refractivity (Wildman–Crippen MR) is 69.4 cm³/mol. The minimum atomic E-state index is -4.75. The van der Waals surface area contributed by atoms with Crippen LogP contribution in [0.4, 0.5) is 17.6 Å². The zero-order valence-corrected chi connectivity index (χ0v) is 10.9. The Morgan fingerprint density at radius 3 is 2.52 bits per heavy atom. The van der Waals surface area contributed by atoms with Gasteiger partial charge in [0.25, 0.3) is 0 Å². The topological polar surface area (TPSA) is 50.9 Å². The van der Waals surface area contributed by atoms with Gasteiger partial charge < -0.3 is 0 Å². The molecule has 0 bridgehead atoms. The van der Waals surface area contributed by atoms with E-state index in [9.17, 15) is 17.6 Å². The lowest BCUT2D eigenvalue weighted by molar-refractivity contribution is -0.140. The molecule has 3 N–H and O–H groups in total. The summed E-state index contributed by atoms with van der Waals surface area (Å²) in [6, 6.07) is 7.47. The van der Waals surface area contributed by atoms with Crippen molar-refractivity contribution in [2.75, 3.05) is 0 Å². The maximum Gasteiger partial charge on any atom is 0.419 e. The molecule has 0 spiro atoms. The molecular weight excluding hydrogens is 286 g/mol. The maximum absolute atomic E-state index is 13.3. The summed E-state index contributed by atoms with van der Waals surface area (Å²) in [6.07, 6.45) is -2.88. The Morgan fingerprint density at radius 1 is 1.19 bits per heavy atom. The van der Waals surface area contributed by atoms with Gasteiger partial charge in [0, 0.05) is 18.3 Å². The molecule has 2 aromatic rings. The number of nitrogens with two attached hydrogens (primary N) is 1. The van der Waals surface area contributed by atoms with Crippen LogP contribution in [0.25, 0.3) is 0 Å². The lowest BCUT2D eigenvalue weighted by Crippen LogP contribution is -2.30. The SMILES string of the molecule is NNC(Cc1ccccn1)c1ccc(F)c(C(F)(F)F)c1. The second-order valence-corrected chi connectivity index (χ2v) is 4.48. The lowest BCUT2D eigenvalue weighted by Gasteiger charge is -2.18. The van der Waals surface area contributed by atoms with Crippen molar-refractivity contribution in [3.63, 3.8) is 0 Å². The highest BCUT2D eigenvalue weighted by Gasteiger charge is 2.34. The largest absolute Gasteiger partial charge is 0.419 e. The summed E-state index contributed by atoms with van der Waals surface area (Å²) < 4.78 is 51.4. The van der Waals surface area contributed by atoms with Crippen LogP contribution in [-0.2, 0) is 12.6 Å². The molecule has 1 aromatic heterocycles. The molecule has 112 valence electrons. The van der Waals surface area contributed by atoms with Crippen molar-refractivity contribution in [1.29, 1.82) is 0 Å². The number of rotatable bonds is 4. The zero-order chi connectivity index (χ0) is 15.5. The highest BCUT2D eigenvalue weighted by atomic mass is 19.4. The average Bonchev–Trinajstić information content (AvgIpc) is 2.45. The second-order valence-electron chi connectivity index (χ2n) is 4.48. The van der Waals surface area contributed by atoms with Gasteiger partial charge in [-0.3, -0.25) is 16.3 Å². The average molecular weight is 299 g/mol. The Hall–Kier alpha value is -1.99. The third-order valence-corrected chi connectivity index (χ3v) is 3.04. The molecule has 0 aliphatic rings. The Kier molecular flexibility index (Phi) is 4.54. The summed E-state index contributed by atoms with van der Waals surface area (Å²) in [6.45, 7) is 0. The van der Waals surface area contributed by atoms with Crippen LogP contribution >= 0.6 is 0 Å². The van der Waals surface area contributed by atoms with Gasteiger partial charge in [-0.1, -0.05) is 12.1 Å². The molecule has 3 nitrogen and oxygen atoms in total. The van der Waals surface area contributed by atoms with Gasteiger partial charge in [-0.25, -0.2) is 4.39 Å². The van der Waals surface area contributed by atoms with E-state index in [1.807, 2.05) is 0 Å². The number of hydrogen-bond acceptors (Lipinski definition) is 3. The van der Waals surface area contributed by atoms with Crippen molar-refractivity contribution < 1.29 is 17.6 Å². The fourth-order valence-corrected chi connectivity index (χ4v) is 1.98. The van der Waals surface area contributed by atoms with E-state index in [1.54, 1.807) is 24.4 Å². The monoisotopic (exact) mass is 299 g/mol. The summed E-state index contributed by atoms with van der Waals surface area (Å²) >= 11 is 0. The van der Waals surface area contributed by atoms with Gasteiger partial charge in [-0.15, -0.1) is 0 Å². The number of halogens is 4. The number of aromatic nitrogens is 1. The fraction of sp³-hybridized carbons (Fsp3) is 0.214. The van der Waals surface area contributed by atoms with Crippen molar-refractivity contribution in [3.8, 4) is 0 Å². The quantitative estimate of drug-likeness (QED) is 0.518. The van der Waals surface area contributed by atoms with E-state index >= 15 is 0 Å². The van der Waals surface area contributed by atoms with E-state index in [-0.39, 0.29) is 5.56 Å². The number of alkyl halides is 3. The number of hydrazine groups is 1. The number of nitrogens with zero attached hydrogens (tertiary/aromatic N) is 1. The van der Waals surface area contributed by atoms with Crippen LogP contribution in [0, 0.1) is 5.82 Å². The van der Waals surface area contributed by atoms with Crippen LogP contribution in [0.1, 0.15) is 22.9 Å². The summed E-state index contributed by atoms with van der Waals surface area (Å²) in [4.78, 5) is 4.09. The van der Waals surface area contributed by atoms with E-state index in [4.69, 9.17) is 5.84 Å². The number of pyridine rings is 1. The van der Waals surface area contributed by atoms with E-state index in [2.05, 4.69) is 10.4 Å². The molecule has 21 heavy (non-hydrogen) atoms. The molecule has 1 heterocycles. The molecule has 0 amide bonds. The van der Waals surface area contributed by atoms with Crippen molar-refractivity contribution in [2.24, 2.45) is 5.84 Å². The molecule has 0 aliphatic carbocycles. The molecule has 0 radical (unpaired) electrons. The highest BCUT2D eigenvalue weighted by Crippen LogP contribution is 2.33. The van der Waals surface area contributed by atoms with E-state index in [0.29, 0.717) is 12.1 Å². The van der Waals surface area contributed by atoms with Crippen molar-refractivity contribution in [1.82, 2.24) is 10.4 Å². The minimum absolute atomic E-state index is 0.247. The lowest BCUT2D eigenvalue weighted by atomic mass is 9.99. The Labute approximate surface area is 118 Å². The van der Waals surface area contributed by atoms with Gasteiger partial charge in [0.1, 0.15) is 5.82 Å². The third-order valence-electron chi connectivity index (χ3n) is 3.04. The highest BCUT2D eigenvalue weighted by molar-refractivity contribution is 5.30. The Balaban J connectivity index is 2.30. The minimum Gasteiger partial charge on any atom is -0.271 e. The molecule has 7 heteroatoms. The molecule has 0 aliphatic heterocycles. The predicted octanol–water partition coefficient (Wildman–Crippen LogP) is 2.99. The molecule has 1 unspecified atom stereocenters. The normalized spacial score (nSPS) is 13.2. The smallest absolute Gasteiger partial charge is 0.271 e. The Bertz CT molecular complexity index is 599. The standard InChI is InChI=1S/C14H13F4N3/c15-12-5-4-9(7-11(12)14(16,17)18)13(21-19)8-10-3-1-2-6-20-10/h1-7,13,21H,8,19H2. The Morgan fingerprint density at radius 2 is 1.95 bits per heavy atom. The first kappa shape index (κ1) is 15.4. The number of nitrogens with one attached hydrogen (secondary N) is 1. The van der Waals surface area contributed by atoms with Gasteiger partial charge in [-0.05, 0) is 29.8 Å². The molecule has 2 rings (SSSR count). The first-order valence-electron chi connectivity index (χ1n) is 6.14. The van der Waals surface area contributed by atoms with Crippen LogP contribution in [0.3, 0.4) is 0 Å². The summed E-state index contributed by atoms with van der Waals surface area (Å²) in [5.74, 6) is 4.09. The molecule has 0 fully saturated rings. The molecule has 0 saturated heterocycles. The van der Waals surface area contributed by atoms with Crippen molar-refractivity contribution >= 4 is 0 Å². The van der Waals surface area contributed by atoms with Gasteiger partial charge in [0.2, 0.25) is 0 Å². The molecule has 1 atom stereocenters. The number of hydrogen-bond donors (Lipinski definition) is 2. The maximum atomic E-state index is 13.3. The van der Waals surface area contributed by atoms with Gasteiger partial charge >= 0.3 is 6.18 Å². The van der Waals surface area contributed by atoms with Crippen LogP contribution in [-0.4, -0.2) is 4.98 Å². The van der Waals surface area contributed by atoms with Gasteiger partial charge in [0.15, 0.2) is 0 Å². The van der Waals surface area contributed by atoms with Crippen LogP contribution in [0.2, 0.25) is 0 Å². The van der Waals surface area contributed by atoms with Crippen LogP contribution < -0.4 is 11.3 Å². The summed E-state index contributed by atoms with van der Waals surface area (Å²) in [7, 11) is 0. The van der Waals surface area contributed by atoms with Gasteiger partial charge in [-0.2, -0.15) is 13.2 Å². The van der Waals surface area contributed by atoms with E-state index < -0.39 is 23.6 Å². The first-order valence-corrected chi connectivity index (χ1v) is 6.14. The summed E-state index contributed by atoms with van der Waals surface area (Å²) in [5, 5.41) is 0. The number of benzene rings is 1. The first-order chi connectivity index (χ1) is 9.91. The van der Waals surface area contributed by atoms with Crippen molar-refractivity contribution in [2.45, 2.75) is 18.6 Å². The molecule has 1 aromatic carbocycles. The molecular formula is C14H13F4N3.